The molecule has 0 spiro atoms. The van der Waals surface area contributed by atoms with E-state index in [1.807, 2.05) is 25.1 Å². The second-order valence-corrected chi connectivity index (χ2v) is 9.16. The van der Waals surface area contributed by atoms with Crippen molar-refractivity contribution in [2.45, 2.75) is 13.5 Å². The van der Waals surface area contributed by atoms with Crippen LogP contribution in [0, 0.1) is 17.1 Å². The van der Waals surface area contributed by atoms with Gasteiger partial charge in [0.2, 0.25) is 0 Å². The average molecular weight is 552 g/mol. The van der Waals surface area contributed by atoms with Gasteiger partial charge in [-0.1, -0.05) is 18.2 Å². The Bertz CT molecular complexity index is 1370. The standard InChI is InChI=1S/C26H19BrFN3O3S/c1-2-33-22-12-16(11-21(27)24(22)34-15-18-6-4-3-5-17(18)14-29)13-23-25(32)31-26(35-23)30-20-9-7-19(28)8-10-20/h3-13H,2,15H2,1H3,(H,30,31,32). The molecular formula is C26H19BrFN3O3S. The van der Waals surface area contributed by atoms with Crippen molar-refractivity contribution < 1.29 is 18.7 Å². The lowest BCUT2D eigenvalue weighted by Gasteiger charge is -2.15. The number of ether oxygens (including phenoxy) is 2. The first-order valence-electron chi connectivity index (χ1n) is 10.6. The number of carbonyl (C=O) groups is 1. The van der Waals surface area contributed by atoms with Gasteiger partial charge in [0.05, 0.1) is 33.3 Å². The number of thioether (sulfide) groups is 1. The predicted octanol–water partition coefficient (Wildman–Crippen LogP) is 6.33. The summed E-state index contributed by atoms with van der Waals surface area (Å²) < 4.78 is 25.6. The van der Waals surface area contributed by atoms with Crippen LogP contribution >= 0.6 is 27.7 Å². The van der Waals surface area contributed by atoms with Crippen LogP contribution in [-0.2, 0) is 11.4 Å². The van der Waals surface area contributed by atoms with E-state index in [2.05, 4.69) is 32.3 Å². The van der Waals surface area contributed by atoms with Crippen molar-refractivity contribution >= 4 is 50.5 Å². The molecule has 9 heteroatoms. The van der Waals surface area contributed by atoms with Gasteiger partial charge in [-0.25, -0.2) is 9.38 Å². The zero-order chi connectivity index (χ0) is 24.8. The van der Waals surface area contributed by atoms with Gasteiger partial charge in [0.25, 0.3) is 5.91 Å². The lowest BCUT2D eigenvalue weighted by Crippen LogP contribution is -2.19. The smallest absolute Gasteiger partial charge is 0.264 e. The predicted molar refractivity (Wildman–Crippen MR) is 138 cm³/mol. The zero-order valence-electron chi connectivity index (χ0n) is 18.5. The Morgan fingerprint density at radius 2 is 1.94 bits per heavy atom. The van der Waals surface area contributed by atoms with E-state index in [-0.39, 0.29) is 18.3 Å². The minimum Gasteiger partial charge on any atom is -0.490 e. The number of amides is 1. The number of benzene rings is 3. The minimum atomic E-state index is -0.352. The maximum Gasteiger partial charge on any atom is 0.264 e. The molecule has 0 unspecified atom stereocenters. The van der Waals surface area contributed by atoms with E-state index in [1.54, 1.807) is 24.3 Å². The van der Waals surface area contributed by atoms with Gasteiger partial charge in [0.15, 0.2) is 16.7 Å². The monoisotopic (exact) mass is 551 g/mol. The van der Waals surface area contributed by atoms with E-state index in [0.29, 0.717) is 43.9 Å². The second kappa shape index (κ2) is 11.2. The lowest BCUT2D eigenvalue weighted by molar-refractivity contribution is -0.115. The molecule has 1 aliphatic rings. The van der Waals surface area contributed by atoms with Crippen molar-refractivity contribution in [3.05, 3.63) is 92.5 Å². The van der Waals surface area contributed by atoms with E-state index in [0.717, 1.165) is 11.1 Å². The van der Waals surface area contributed by atoms with Crippen LogP contribution in [0.5, 0.6) is 11.5 Å². The third kappa shape index (κ3) is 6.10. The summed E-state index contributed by atoms with van der Waals surface area (Å²) in [5.74, 6) is 0.379. The summed E-state index contributed by atoms with van der Waals surface area (Å²) in [6.45, 7) is 2.48. The topological polar surface area (TPSA) is 83.7 Å². The summed E-state index contributed by atoms with van der Waals surface area (Å²) in [7, 11) is 0. The Morgan fingerprint density at radius 1 is 1.17 bits per heavy atom. The highest BCUT2D eigenvalue weighted by Crippen LogP contribution is 2.39. The quantitative estimate of drug-likeness (QED) is 0.347. The van der Waals surface area contributed by atoms with Crippen molar-refractivity contribution in [2.75, 3.05) is 6.61 Å². The Labute approximate surface area is 214 Å². The highest BCUT2D eigenvalue weighted by Gasteiger charge is 2.24. The number of halogens is 2. The fraction of sp³-hybridized carbons (Fsp3) is 0.115. The normalized spacial score (nSPS) is 15.2. The largest absolute Gasteiger partial charge is 0.490 e. The highest BCUT2D eigenvalue weighted by atomic mass is 79.9. The number of aliphatic imine (C=N–C) groups is 1. The number of carbonyl (C=O) groups excluding carboxylic acids is 1. The Hall–Kier alpha value is -3.61. The minimum absolute atomic E-state index is 0.199. The van der Waals surface area contributed by atoms with Gasteiger partial charge >= 0.3 is 0 Å². The molecule has 1 heterocycles. The van der Waals surface area contributed by atoms with Crippen LogP contribution < -0.4 is 14.8 Å². The van der Waals surface area contributed by atoms with Gasteiger partial charge < -0.3 is 14.8 Å². The maximum absolute atomic E-state index is 13.1. The molecule has 0 atom stereocenters. The summed E-state index contributed by atoms with van der Waals surface area (Å²) in [6, 6.07) is 18.7. The molecule has 0 radical (unpaired) electrons. The van der Waals surface area contributed by atoms with Crippen LogP contribution in [-0.4, -0.2) is 17.7 Å². The van der Waals surface area contributed by atoms with Crippen molar-refractivity contribution in [2.24, 2.45) is 4.99 Å². The number of nitrogens with one attached hydrogen (secondary N) is 1. The first-order valence-corrected chi connectivity index (χ1v) is 12.2. The Morgan fingerprint density at radius 3 is 2.69 bits per heavy atom. The molecule has 1 saturated heterocycles. The Kier molecular flexibility index (Phi) is 7.85. The summed E-state index contributed by atoms with van der Waals surface area (Å²) in [5.41, 5.74) is 2.58. The Balaban J connectivity index is 1.57. The third-order valence-corrected chi connectivity index (χ3v) is 6.35. The number of nitriles is 1. The van der Waals surface area contributed by atoms with E-state index in [4.69, 9.17) is 9.47 Å². The molecule has 176 valence electrons. The molecule has 1 amide bonds. The van der Waals surface area contributed by atoms with Crippen LogP contribution in [0.25, 0.3) is 6.08 Å². The van der Waals surface area contributed by atoms with Gasteiger partial charge in [-0.05, 0) is 88.7 Å². The van der Waals surface area contributed by atoms with Gasteiger partial charge in [0.1, 0.15) is 12.4 Å². The van der Waals surface area contributed by atoms with E-state index < -0.39 is 0 Å². The molecule has 0 aliphatic carbocycles. The molecule has 0 aromatic heterocycles. The van der Waals surface area contributed by atoms with Crippen LogP contribution in [0.2, 0.25) is 0 Å². The number of hydrogen-bond acceptors (Lipinski definition) is 6. The molecule has 6 nitrogen and oxygen atoms in total. The molecule has 3 aromatic carbocycles. The molecule has 1 aliphatic heterocycles. The number of hydrogen-bond donors (Lipinski definition) is 1. The molecule has 1 fully saturated rings. The summed E-state index contributed by atoms with van der Waals surface area (Å²) >= 11 is 4.73. The van der Waals surface area contributed by atoms with Gasteiger partial charge in [-0.2, -0.15) is 5.26 Å². The molecule has 35 heavy (non-hydrogen) atoms. The van der Waals surface area contributed by atoms with Crippen LogP contribution in [0.15, 0.2) is 75.0 Å². The van der Waals surface area contributed by atoms with Crippen LogP contribution in [0.3, 0.4) is 0 Å². The van der Waals surface area contributed by atoms with Crippen molar-refractivity contribution in [3.8, 4) is 17.6 Å². The maximum atomic E-state index is 13.1. The molecule has 4 rings (SSSR count). The SMILES string of the molecule is CCOc1cc(C=C2SC(=Nc3ccc(F)cc3)NC2=O)cc(Br)c1OCc1ccccc1C#N. The fourth-order valence-electron chi connectivity index (χ4n) is 3.24. The van der Waals surface area contributed by atoms with Gasteiger partial charge in [-0.15, -0.1) is 0 Å². The first-order chi connectivity index (χ1) is 17.0. The van der Waals surface area contributed by atoms with Crippen molar-refractivity contribution in [1.29, 1.82) is 5.26 Å². The van der Waals surface area contributed by atoms with Crippen molar-refractivity contribution in [1.82, 2.24) is 5.32 Å². The summed E-state index contributed by atoms with van der Waals surface area (Å²) in [6.07, 6.45) is 1.73. The van der Waals surface area contributed by atoms with E-state index in [1.165, 1.54) is 36.0 Å². The number of nitrogens with zero attached hydrogens (tertiary/aromatic N) is 2. The molecule has 3 aromatic rings. The van der Waals surface area contributed by atoms with E-state index in [9.17, 15) is 14.4 Å². The fourth-order valence-corrected chi connectivity index (χ4v) is 4.66. The highest BCUT2D eigenvalue weighted by molar-refractivity contribution is 9.10. The van der Waals surface area contributed by atoms with Crippen LogP contribution in [0.4, 0.5) is 10.1 Å². The lowest BCUT2D eigenvalue weighted by atomic mass is 10.1. The molecule has 0 saturated carbocycles. The first kappa shape index (κ1) is 24.5. The molecule has 0 bridgehead atoms. The van der Waals surface area contributed by atoms with Crippen LogP contribution in [0.1, 0.15) is 23.6 Å². The third-order valence-electron chi connectivity index (χ3n) is 4.85. The van der Waals surface area contributed by atoms with Crippen molar-refractivity contribution in [3.63, 3.8) is 0 Å². The molecule has 1 N–H and O–H groups in total. The number of rotatable bonds is 7. The molecular weight excluding hydrogens is 533 g/mol. The van der Waals surface area contributed by atoms with Gasteiger partial charge in [0, 0.05) is 5.56 Å². The van der Waals surface area contributed by atoms with Gasteiger partial charge in [-0.3, -0.25) is 4.79 Å². The van der Waals surface area contributed by atoms with E-state index >= 15 is 0 Å². The zero-order valence-corrected chi connectivity index (χ0v) is 21.0. The second-order valence-electron chi connectivity index (χ2n) is 7.28. The summed E-state index contributed by atoms with van der Waals surface area (Å²) in [4.78, 5) is 17.3. The average Bonchev–Trinajstić information content (AvgIpc) is 3.18. The number of amidine groups is 1. The summed E-state index contributed by atoms with van der Waals surface area (Å²) in [5, 5.41) is 12.4.